The van der Waals surface area contributed by atoms with Crippen molar-refractivity contribution in [1.29, 1.82) is 0 Å². The molecule has 3 nitrogen and oxygen atoms in total. The molecule has 1 amide bonds. The number of benzene rings is 1. The maximum Gasteiger partial charge on any atom is 0.287 e. The Hall–Kier alpha value is -1.04. The molecule has 2 rings (SSSR count). The molecule has 0 aliphatic rings. The van der Waals surface area contributed by atoms with Crippen LogP contribution in [0.25, 0.3) is 11.0 Å². The van der Waals surface area contributed by atoms with Gasteiger partial charge in [-0.15, -0.1) is 0 Å². The number of carbonyl (C=O) groups excluding carboxylic acids is 1. The zero-order valence-corrected chi connectivity index (χ0v) is 13.2. The number of alkyl halides is 1. The van der Waals surface area contributed by atoms with Gasteiger partial charge in [-0.1, -0.05) is 40.6 Å². The minimum absolute atomic E-state index is 0.122. The van der Waals surface area contributed by atoms with E-state index in [0.717, 1.165) is 23.8 Å². The topological polar surface area (TPSA) is 42.2 Å². The number of unbranched alkanes of at least 4 members (excludes halogenated alkanes) is 2. The number of halogens is 1. The fourth-order valence-electron chi connectivity index (χ4n) is 1.96. The molecule has 102 valence electrons. The van der Waals surface area contributed by atoms with Gasteiger partial charge in [0.2, 0.25) is 0 Å². The molecule has 0 radical (unpaired) electrons. The van der Waals surface area contributed by atoms with Crippen LogP contribution < -0.4 is 5.32 Å². The Bertz CT molecular complexity index is 562. The second-order valence-corrected chi connectivity index (χ2v) is 5.74. The summed E-state index contributed by atoms with van der Waals surface area (Å²) in [5.41, 5.74) is 1.93. The third-order valence-corrected chi connectivity index (χ3v) is 3.75. The van der Waals surface area contributed by atoms with E-state index in [4.69, 9.17) is 4.42 Å². The predicted molar refractivity (Wildman–Crippen MR) is 86.0 cm³/mol. The zero-order valence-electron chi connectivity index (χ0n) is 11.0. The molecule has 0 atom stereocenters. The standard InChI is InChI=1S/C15H18INO2/c1-11-5-6-13-12(9-11)10-14(19-13)15(18)17-8-4-2-3-7-16/h5-6,9-10H,2-4,7-8H2,1H3,(H,17,18). The third kappa shape index (κ3) is 3.96. The van der Waals surface area contributed by atoms with Crippen LogP contribution >= 0.6 is 22.6 Å². The molecule has 0 spiro atoms. The van der Waals surface area contributed by atoms with Crippen LogP contribution in [0.2, 0.25) is 0 Å². The average Bonchev–Trinajstić information content (AvgIpc) is 2.81. The number of carbonyl (C=O) groups is 1. The summed E-state index contributed by atoms with van der Waals surface area (Å²) in [6.45, 7) is 2.74. The van der Waals surface area contributed by atoms with Crippen molar-refractivity contribution in [3.63, 3.8) is 0 Å². The summed E-state index contributed by atoms with van der Waals surface area (Å²) in [5, 5.41) is 3.88. The first-order valence-corrected chi connectivity index (χ1v) is 8.07. The largest absolute Gasteiger partial charge is 0.451 e. The molecule has 19 heavy (non-hydrogen) atoms. The monoisotopic (exact) mass is 371 g/mol. The Balaban J connectivity index is 1.94. The van der Waals surface area contributed by atoms with Gasteiger partial charge < -0.3 is 9.73 Å². The highest BCUT2D eigenvalue weighted by molar-refractivity contribution is 14.1. The number of nitrogens with one attached hydrogen (secondary N) is 1. The van der Waals surface area contributed by atoms with Gasteiger partial charge in [0.05, 0.1) is 0 Å². The molecular weight excluding hydrogens is 353 g/mol. The summed E-state index contributed by atoms with van der Waals surface area (Å²) < 4.78 is 6.72. The molecule has 0 fully saturated rings. The number of amides is 1. The van der Waals surface area contributed by atoms with E-state index < -0.39 is 0 Å². The predicted octanol–water partition coefficient (Wildman–Crippen LogP) is 4.08. The number of aryl methyl sites for hydroxylation is 1. The first kappa shape index (κ1) is 14.4. The summed E-state index contributed by atoms with van der Waals surface area (Å²) >= 11 is 2.37. The normalized spacial score (nSPS) is 10.8. The van der Waals surface area contributed by atoms with Crippen molar-refractivity contribution < 1.29 is 9.21 Å². The summed E-state index contributed by atoms with van der Waals surface area (Å²) in [6, 6.07) is 7.72. The van der Waals surface area contributed by atoms with E-state index in [1.165, 1.54) is 16.4 Å². The van der Waals surface area contributed by atoms with E-state index in [2.05, 4.69) is 27.9 Å². The molecule has 0 aliphatic heterocycles. The van der Waals surface area contributed by atoms with E-state index in [0.29, 0.717) is 12.3 Å². The van der Waals surface area contributed by atoms with Gasteiger partial charge >= 0.3 is 0 Å². The van der Waals surface area contributed by atoms with Crippen LogP contribution in [0.15, 0.2) is 28.7 Å². The Morgan fingerprint density at radius 1 is 1.26 bits per heavy atom. The Labute approximate surface area is 126 Å². The van der Waals surface area contributed by atoms with Crippen LogP contribution in [0, 0.1) is 6.92 Å². The van der Waals surface area contributed by atoms with Crippen molar-refractivity contribution >= 4 is 39.5 Å². The minimum Gasteiger partial charge on any atom is -0.451 e. The molecule has 4 heteroatoms. The maximum atomic E-state index is 11.9. The fraction of sp³-hybridized carbons (Fsp3) is 0.400. The Morgan fingerprint density at radius 2 is 2.11 bits per heavy atom. The number of rotatable bonds is 6. The lowest BCUT2D eigenvalue weighted by molar-refractivity contribution is 0.0927. The molecular formula is C15H18INO2. The number of fused-ring (bicyclic) bond motifs is 1. The van der Waals surface area contributed by atoms with Gasteiger partial charge in [-0.05, 0) is 42.4 Å². The van der Waals surface area contributed by atoms with Crippen LogP contribution in [-0.4, -0.2) is 16.9 Å². The lowest BCUT2D eigenvalue weighted by Crippen LogP contribution is -2.23. The average molecular weight is 371 g/mol. The van der Waals surface area contributed by atoms with E-state index in [1.807, 2.05) is 31.2 Å². The molecule has 1 aromatic carbocycles. The lowest BCUT2D eigenvalue weighted by Gasteiger charge is -2.01. The van der Waals surface area contributed by atoms with Crippen molar-refractivity contribution in [2.75, 3.05) is 11.0 Å². The van der Waals surface area contributed by atoms with Crippen LogP contribution in [0.5, 0.6) is 0 Å². The molecule has 0 saturated heterocycles. The molecule has 1 heterocycles. The zero-order chi connectivity index (χ0) is 13.7. The molecule has 0 saturated carbocycles. The summed E-state index contributed by atoms with van der Waals surface area (Å²) in [5.74, 6) is 0.276. The quantitative estimate of drug-likeness (QED) is 0.473. The fourth-order valence-corrected chi connectivity index (χ4v) is 2.50. The highest BCUT2D eigenvalue weighted by Gasteiger charge is 2.11. The van der Waals surface area contributed by atoms with Gasteiger partial charge in [-0.2, -0.15) is 0 Å². The maximum absolute atomic E-state index is 11.9. The second-order valence-electron chi connectivity index (χ2n) is 4.66. The summed E-state index contributed by atoms with van der Waals surface area (Å²) in [7, 11) is 0. The van der Waals surface area contributed by atoms with Crippen LogP contribution in [-0.2, 0) is 0 Å². The van der Waals surface area contributed by atoms with Crippen molar-refractivity contribution in [2.24, 2.45) is 0 Å². The third-order valence-electron chi connectivity index (χ3n) is 2.99. The SMILES string of the molecule is Cc1ccc2oc(C(=O)NCCCCCI)cc2c1. The van der Waals surface area contributed by atoms with E-state index in [9.17, 15) is 4.79 Å². The van der Waals surface area contributed by atoms with Gasteiger partial charge in [0.25, 0.3) is 5.91 Å². The molecule has 0 aliphatic carbocycles. The first-order valence-electron chi connectivity index (χ1n) is 6.55. The minimum atomic E-state index is -0.122. The van der Waals surface area contributed by atoms with E-state index in [-0.39, 0.29) is 5.91 Å². The van der Waals surface area contributed by atoms with Crippen LogP contribution in [0.3, 0.4) is 0 Å². The highest BCUT2D eigenvalue weighted by atomic mass is 127. The number of furan rings is 1. The van der Waals surface area contributed by atoms with Crippen LogP contribution in [0.1, 0.15) is 35.4 Å². The van der Waals surface area contributed by atoms with Crippen molar-refractivity contribution in [3.05, 3.63) is 35.6 Å². The molecule has 1 aromatic heterocycles. The van der Waals surface area contributed by atoms with Gasteiger partial charge in [0.1, 0.15) is 5.58 Å². The summed E-state index contributed by atoms with van der Waals surface area (Å²) in [6.07, 6.45) is 3.39. The molecule has 0 unspecified atom stereocenters. The van der Waals surface area contributed by atoms with Crippen molar-refractivity contribution in [2.45, 2.75) is 26.2 Å². The molecule has 0 bridgehead atoms. The lowest BCUT2D eigenvalue weighted by atomic mass is 10.2. The van der Waals surface area contributed by atoms with Gasteiger partial charge in [-0.3, -0.25) is 4.79 Å². The Morgan fingerprint density at radius 3 is 2.89 bits per heavy atom. The number of hydrogen-bond donors (Lipinski definition) is 1. The second kappa shape index (κ2) is 6.93. The smallest absolute Gasteiger partial charge is 0.287 e. The van der Waals surface area contributed by atoms with Crippen LogP contribution in [0.4, 0.5) is 0 Å². The Kier molecular flexibility index (Phi) is 5.24. The van der Waals surface area contributed by atoms with Gasteiger partial charge in [0, 0.05) is 11.9 Å². The van der Waals surface area contributed by atoms with E-state index in [1.54, 1.807) is 0 Å². The van der Waals surface area contributed by atoms with Gasteiger partial charge in [-0.25, -0.2) is 0 Å². The molecule has 1 N–H and O–H groups in total. The van der Waals surface area contributed by atoms with Gasteiger partial charge in [0.15, 0.2) is 5.76 Å². The molecule has 2 aromatic rings. The number of hydrogen-bond acceptors (Lipinski definition) is 2. The van der Waals surface area contributed by atoms with Crippen molar-refractivity contribution in [3.8, 4) is 0 Å². The van der Waals surface area contributed by atoms with E-state index >= 15 is 0 Å². The first-order chi connectivity index (χ1) is 9.20. The summed E-state index contributed by atoms with van der Waals surface area (Å²) in [4.78, 5) is 11.9. The highest BCUT2D eigenvalue weighted by Crippen LogP contribution is 2.20. The van der Waals surface area contributed by atoms with Crippen molar-refractivity contribution in [1.82, 2.24) is 5.32 Å².